The maximum atomic E-state index is 10.5. The van der Waals surface area contributed by atoms with Gasteiger partial charge in [0.05, 0.1) is 12.2 Å². The minimum absolute atomic E-state index is 0.251. The zero-order chi connectivity index (χ0) is 21.6. The van der Waals surface area contributed by atoms with E-state index in [2.05, 4.69) is 18.7 Å². The number of unbranched alkanes of at least 4 members (excludes halogenated alkanes) is 12. The van der Waals surface area contributed by atoms with Crippen molar-refractivity contribution in [2.75, 3.05) is 26.2 Å². The first-order valence-corrected chi connectivity index (χ1v) is 12.8. The molecular weight excluding hydrogens is 362 g/mol. The molecule has 0 spiro atoms. The van der Waals surface area contributed by atoms with Gasteiger partial charge in [0.1, 0.15) is 0 Å². The van der Waals surface area contributed by atoms with Crippen molar-refractivity contribution in [2.24, 2.45) is 0 Å². The van der Waals surface area contributed by atoms with Crippen LogP contribution in [0.25, 0.3) is 0 Å². The number of rotatable bonds is 23. The highest BCUT2D eigenvalue weighted by Crippen LogP contribution is 2.13. The third kappa shape index (κ3) is 20.9. The number of hydrogen-bond acceptors (Lipinski definition) is 4. The summed E-state index contributed by atoms with van der Waals surface area (Å²) in [4.78, 5) is 2.25. The first-order valence-electron chi connectivity index (χ1n) is 12.8. The fourth-order valence-electron chi connectivity index (χ4n) is 3.98. The molecular formula is C25H53NO3. The Balaban J connectivity index is 4.10. The van der Waals surface area contributed by atoms with Crippen LogP contribution in [0.1, 0.15) is 123 Å². The lowest BCUT2D eigenvalue weighted by molar-refractivity contribution is 0.0594. The van der Waals surface area contributed by atoms with E-state index in [1.165, 1.54) is 64.2 Å². The maximum Gasteiger partial charge on any atom is 0.0667 e. The quantitative estimate of drug-likeness (QED) is 0.188. The van der Waals surface area contributed by atoms with Crippen LogP contribution in [0, 0.1) is 0 Å². The Morgan fingerprint density at radius 2 is 0.966 bits per heavy atom. The van der Waals surface area contributed by atoms with E-state index in [9.17, 15) is 10.2 Å². The van der Waals surface area contributed by atoms with E-state index < -0.39 is 0 Å². The van der Waals surface area contributed by atoms with Crippen molar-refractivity contribution in [1.29, 1.82) is 0 Å². The molecule has 0 fully saturated rings. The van der Waals surface area contributed by atoms with Crippen molar-refractivity contribution < 1.29 is 15.3 Å². The molecule has 0 aliphatic rings. The van der Waals surface area contributed by atoms with E-state index in [1.54, 1.807) is 0 Å². The van der Waals surface area contributed by atoms with Gasteiger partial charge in [-0.2, -0.15) is 0 Å². The molecule has 0 radical (unpaired) electrons. The van der Waals surface area contributed by atoms with Crippen molar-refractivity contribution in [3.05, 3.63) is 0 Å². The molecule has 2 atom stereocenters. The molecule has 0 bridgehead atoms. The van der Waals surface area contributed by atoms with Crippen molar-refractivity contribution in [2.45, 2.75) is 135 Å². The van der Waals surface area contributed by atoms with Gasteiger partial charge in [0, 0.05) is 19.7 Å². The third-order valence-corrected chi connectivity index (χ3v) is 5.85. The molecule has 3 N–H and O–H groups in total. The lowest BCUT2D eigenvalue weighted by Crippen LogP contribution is -2.38. The number of aliphatic hydroxyl groups excluding tert-OH is 3. The Morgan fingerprint density at radius 1 is 0.552 bits per heavy atom. The second kappa shape index (κ2) is 22.5. The minimum atomic E-state index is -0.291. The summed E-state index contributed by atoms with van der Waals surface area (Å²) in [6.07, 6.45) is 19.0. The van der Waals surface area contributed by atoms with Gasteiger partial charge in [0.2, 0.25) is 0 Å². The van der Waals surface area contributed by atoms with Crippen LogP contribution < -0.4 is 0 Å². The molecule has 176 valence electrons. The SMILES string of the molecule is CCCCCCCCC(O)CN(CCCCCO)CC(O)CCCCCCCC. The zero-order valence-corrected chi connectivity index (χ0v) is 19.8. The Hall–Kier alpha value is -0.160. The van der Waals surface area contributed by atoms with E-state index in [1.807, 2.05) is 0 Å². The summed E-state index contributed by atoms with van der Waals surface area (Å²) in [6, 6.07) is 0. The summed E-state index contributed by atoms with van der Waals surface area (Å²) in [7, 11) is 0. The largest absolute Gasteiger partial charge is 0.396 e. The van der Waals surface area contributed by atoms with Crippen LogP contribution in [0.5, 0.6) is 0 Å². The number of nitrogens with zero attached hydrogens (tertiary/aromatic N) is 1. The van der Waals surface area contributed by atoms with Crippen LogP contribution in [-0.4, -0.2) is 58.7 Å². The first-order chi connectivity index (χ1) is 14.1. The predicted molar refractivity (Wildman–Crippen MR) is 125 cm³/mol. The van der Waals surface area contributed by atoms with Crippen molar-refractivity contribution >= 4 is 0 Å². The van der Waals surface area contributed by atoms with Crippen LogP contribution >= 0.6 is 0 Å². The molecule has 0 aliphatic carbocycles. The van der Waals surface area contributed by atoms with E-state index in [0.717, 1.165) is 51.5 Å². The van der Waals surface area contributed by atoms with Crippen LogP contribution in [0.2, 0.25) is 0 Å². The number of hydrogen-bond donors (Lipinski definition) is 3. The van der Waals surface area contributed by atoms with E-state index >= 15 is 0 Å². The van der Waals surface area contributed by atoms with Gasteiger partial charge in [-0.25, -0.2) is 0 Å². The molecule has 4 heteroatoms. The monoisotopic (exact) mass is 415 g/mol. The highest BCUT2D eigenvalue weighted by Gasteiger charge is 2.15. The molecule has 0 saturated carbocycles. The van der Waals surface area contributed by atoms with Crippen LogP contribution in [0.3, 0.4) is 0 Å². The first kappa shape index (κ1) is 28.8. The van der Waals surface area contributed by atoms with E-state index in [0.29, 0.717) is 13.1 Å². The Bertz CT molecular complexity index is 290. The van der Waals surface area contributed by atoms with Gasteiger partial charge in [-0.05, 0) is 38.6 Å². The van der Waals surface area contributed by atoms with Gasteiger partial charge >= 0.3 is 0 Å². The van der Waals surface area contributed by atoms with Gasteiger partial charge in [-0.3, -0.25) is 4.90 Å². The smallest absolute Gasteiger partial charge is 0.0667 e. The van der Waals surface area contributed by atoms with E-state index in [-0.39, 0.29) is 18.8 Å². The second-order valence-corrected chi connectivity index (χ2v) is 8.96. The molecule has 0 aromatic heterocycles. The summed E-state index contributed by atoms with van der Waals surface area (Å²) in [5, 5.41) is 29.9. The molecule has 0 aromatic rings. The van der Waals surface area contributed by atoms with Crippen LogP contribution in [-0.2, 0) is 0 Å². The molecule has 0 amide bonds. The highest BCUT2D eigenvalue weighted by molar-refractivity contribution is 4.70. The predicted octanol–water partition coefficient (Wildman–Crippen LogP) is 5.67. The summed E-state index contributed by atoms with van der Waals surface area (Å²) in [5.41, 5.74) is 0. The fraction of sp³-hybridized carbons (Fsp3) is 1.00. The Morgan fingerprint density at radius 3 is 1.41 bits per heavy atom. The molecule has 4 nitrogen and oxygen atoms in total. The maximum absolute atomic E-state index is 10.5. The summed E-state index contributed by atoms with van der Waals surface area (Å²) >= 11 is 0. The molecule has 0 aromatic carbocycles. The third-order valence-electron chi connectivity index (χ3n) is 5.85. The topological polar surface area (TPSA) is 63.9 Å². The molecule has 0 aliphatic heterocycles. The lowest BCUT2D eigenvalue weighted by Gasteiger charge is -2.27. The average molecular weight is 416 g/mol. The van der Waals surface area contributed by atoms with Gasteiger partial charge in [-0.15, -0.1) is 0 Å². The highest BCUT2D eigenvalue weighted by atomic mass is 16.3. The average Bonchev–Trinajstić information content (AvgIpc) is 2.70. The zero-order valence-electron chi connectivity index (χ0n) is 19.8. The molecule has 0 heterocycles. The molecule has 0 saturated heterocycles. The standard InChI is InChI=1S/C25H53NO3/c1-3-5-7-9-11-14-18-24(28)22-26(20-16-13-17-21-27)23-25(29)19-15-12-10-8-6-4-2/h24-25,27-29H,3-23H2,1-2H3. The van der Waals surface area contributed by atoms with Crippen molar-refractivity contribution in [3.63, 3.8) is 0 Å². The lowest BCUT2D eigenvalue weighted by atomic mass is 10.1. The van der Waals surface area contributed by atoms with Gasteiger partial charge < -0.3 is 15.3 Å². The summed E-state index contributed by atoms with van der Waals surface area (Å²) < 4.78 is 0. The second-order valence-electron chi connectivity index (χ2n) is 8.96. The molecule has 29 heavy (non-hydrogen) atoms. The Labute approximate surface area is 182 Å². The van der Waals surface area contributed by atoms with Crippen molar-refractivity contribution in [1.82, 2.24) is 4.90 Å². The normalized spacial score (nSPS) is 13.9. The number of aliphatic hydroxyl groups is 3. The van der Waals surface area contributed by atoms with Crippen LogP contribution in [0.15, 0.2) is 0 Å². The summed E-state index contributed by atoms with van der Waals surface area (Å²) in [5.74, 6) is 0. The Kier molecular flexibility index (Phi) is 22.4. The fourth-order valence-corrected chi connectivity index (χ4v) is 3.98. The van der Waals surface area contributed by atoms with Gasteiger partial charge in [0.25, 0.3) is 0 Å². The van der Waals surface area contributed by atoms with Crippen molar-refractivity contribution in [3.8, 4) is 0 Å². The van der Waals surface area contributed by atoms with Crippen LogP contribution in [0.4, 0.5) is 0 Å². The molecule has 2 unspecified atom stereocenters. The minimum Gasteiger partial charge on any atom is -0.396 e. The van der Waals surface area contributed by atoms with Gasteiger partial charge in [0.15, 0.2) is 0 Å². The summed E-state index contributed by atoms with van der Waals surface area (Å²) in [6.45, 7) is 6.96. The van der Waals surface area contributed by atoms with Gasteiger partial charge in [-0.1, -0.05) is 90.9 Å². The van der Waals surface area contributed by atoms with E-state index in [4.69, 9.17) is 5.11 Å². The molecule has 0 rings (SSSR count).